The van der Waals surface area contributed by atoms with Gasteiger partial charge in [0.05, 0.1) is 5.56 Å². The van der Waals surface area contributed by atoms with E-state index in [2.05, 4.69) is 21.6 Å². The van der Waals surface area contributed by atoms with Crippen LogP contribution in [0.2, 0.25) is 0 Å². The molecule has 4 rings (SSSR count). The van der Waals surface area contributed by atoms with E-state index in [0.29, 0.717) is 6.04 Å². The van der Waals surface area contributed by atoms with Gasteiger partial charge in [-0.1, -0.05) is 6.92 Å². The normalized spacial score (nSPS) is 23.2. The lowest BCUT2D eigenvalue weighted by molar-refractivity contribution is 0.0488. The molecule has 5 heteroatoms. The van der Waals surface area contributed by atoms with Gasteiger partial charge in [0.2, 0.25) is 0 Å². The molecule has 1 aromatic heterocycles. The van der Waals surface area contributed by atoms with E-state index >= 15 is 0 Å². The quantitative estimate of drug-likeness (QED) is 0.832. The van der Waals surface area contributed by atoms with E-state index in [9.17, 15) is 4.79 Å². The molecule has 0 atom stereocenters. The topological polar surface area (TPSA) is 39.9 Å². The zero-order valence-electron chi connectivity index (χ0n) is 16.4. The van der Waals surface area contributed by atoms with Gasteiger partial charge in [-0.2, -0.15) is 0 Å². The van der Waals surface area contributed by atoms with Crippen molar-refractivity contribution in [3.8, 4) is 0 Å². The number of carbonyl (C=O) groups is 1. The number of piperidine rings is 1. The van der Waals surface area contributed by atoms with Crippen molar-refractivity contribution in [3.63, 3.8) is 0 Å². The summed E-state index contributed by atoms with van der Waals surface area (Å²) in [5.41, 5.74) is 2.09. The Morgan fingerprint density at radius 2 is 1.73 bits per heavy atom. The molecule has 2 saturated heterocycles. The summed E-state index contributed by atoms with van der Waals surface area (Å²) in [4.78, 5) is 20.4. The molecule has 0 spiro atoms. The Hall–Kier alpha value is -1.33. The van der Waals surface area contributed by atoms with Gasteiger partial charge in [-0.05, 0) is 45.6 Å². The summed E-state index contributed by atoms with van der Waals surface area (Å²) in [6.07, 6.45) is 6.58. The molecule has 0 aromatic carbocycles. The molecule has 0 N–H and O–H groups in total. The van der Waals surface area contributed by atoms with E-state index in [4.69, 9.17) is 4.42 Å². The maximum absolute atomic E-state index is 13.2. The SMILES string of the molecule is CCN1CCN(C2CCN(C(=O)c3c(C)oc4c3CCCC4)CC2)CC1. The Morgan fingerprint density at radius 1 is 1.04 bits per heavy atom. The van der Waals surface area contributed by atoms with Crippen LogP contribution >= 0.6 is 0 Å². The van der Waals surface area contributed by atoms with Crippen molar-refractivity contribution in [2.45, 2.75) is 58.4 Å². The van der Waals surface area contributed by atoms with Crippen LogP contribution in [-0.4, -0.2) is 72.5 Å². The number of likely N-dealkylation sites (tertiary alicyclic amines) is 1. The molecule has 5 nitrogen and oxygen atoms in total. The van der Waals surface area contributed by atoms with Crippen LogP contribution in [0, 0.1) is 6.92 Å². The average Bonchev–Trinajstić information content (AvgIpc) is 3.03. The second kappa shape index (κ2) is 7.73. The largest absolute Gasteiger partial charge is 0.465 e. The highest BCUT2D eigenvalue weighted by atomic mass is 16.3. The number of carbonyl (C=O) groups excluding carboxylic acids is 1. The van der Waals surface area contributed by atoms with Crippen LogP contribution < -0.4 is 0 Å². The van der Waals surface area contributed by atoms with E-state index in [1.54, 1.807) is 0 Å². The van der Waals surface area contributed by atoms with Gasteiger partial charge in [0.25, 0.3) is 5.91 Å². The van der Waals surface area contributed by atoms with Gasteiger partial charge >= 0.3 is 0 Å². The Balaban J connectivity index is 1.36. The highest BCUT2D eigenvalue weighted by Gasteiger charge is 2.32. The maximum atomic E-state index is 13.2. The molecule has 1 aromatic rings. The first-order valence-electron chi connectivity index (χ1n) is 10.5. The monoisotopic (exact) mass is 359 g/mol. The number of hydrogen-bond donors (Lipinski definition) is 0. The van der Waals surface area contributed by atoms with Crippen molar-refractivity contribution in [3.05, 3.63) is 22.6 Å². The van der Waals surface area contributed by atoms with Crippen molar-refractivity contribution < 1.29 is 9.21 Å². The number of nitrogens with zero attached hydrogens (tertiary/aromatic N) is 3. The van der Waals surface area contributed by atoms with Crippen LogP contribution in [-0.2, 0) is 12.8 Å². The summed E-state index contributed by atoms with van der Waals surface area (Å²) in [5, 5.41) is 0. The lowest BCUT2D eigenvalue weighted by atomic mass is 9.93. The van der Waals surface area contributed by atoms with Crippen LogP contribution in [0.25, 0.3) is 0 Å². The van der Waals surface area contributed by atoms with E-state index in [1.807, 2.05) is 6.92 Å². The Bertz CT molecular complexity index is 638. The molecule has 0 bridgehead atoms. The summed E-state index contributed by atoms with van der Waals surface area (Å²) >= 11 is 0. The van der Waals surface area contributed by atoms with Gasteiger partial charge in [-0.3, -0.25) is 9.69 Å². The third-order valence-electron chi connectivity index (χ3n) is 6.68. The fraction of sp³-hybridized carbons (Fsp3) is 0.762. The fourth-order valence-electron chi connectivity index (χ4n) is 5.02. The molecule has 1 amide bonds. The predicted molar refractivity (Wildman–Crippen MR) is 103 cm³/mol. The summed E-state index contributed by atoms with van der Waals surface area (Å²) in [6, 6.07) is 0.650. The number of fused-ring (bicyclic) bond motifs is 1. The Kier molecular flexibility index (Phi) is 5.37. The Morgan fingerprint density at radius 3 is 2.42 bits per heavy atom. The van der Waals surface area contributed by atoms with E-state index in [0.717, 1.165) is 62.4 Å². The number of furan rings is 1. The molecular formula is C21H33N3O2. The number of hydrogen-bond acceptors (Lipinski definition) is 4. The minimum atomic E-state index is 0.212. The summed E-state index contributed by atoms with van der Waals surface area (Å²) < 4.78 is 5.93. The van der Waals surface area contributed by atoms with Gasteiger partial charge in [0.15, 0.2) is 0 Å². The molecule has 0 unspecified atom stereocenters. The molecular weight excluding hydrogens is 326 g/mol. The molecule has 0 saturated carbocycles. The third-order valence-corrected chi connectivity index (χ3v) is 6.68. The first-order valence-corrected chi connectivity index (χ1v) is 10.5. The fourth-order valence-corrected chi connectivity index (χ4v) is 5.02. The molecule has 1 aliphatic carbocycles. The summed E-state index contributed by atoms with van der Waals surface area (Å²) in [6.45, 7) is 11.9. The van der Waals surface area contributed by atoms with Gasteiger partial charge in [0.1, 0.15) is 11.5 Å². The van der Waals surface area contributed by atoms with Crippen LogP contribution in [0.1, 0.15) is 60.0 Å². The zero-order chi connectivity index (χ0) is 18.1. The number of rotatable bonds is 3. The van der Waals surface area contributed by atoms with Crippen LogP contribution in [0.4, 0.5) is 0 Å². The number of piperazine rings is 1. The van der Waals surface area contributed by atoms with Gasteiger partial charge in [-0.15, -0.1) is 0 Å². The predicted octanol–water partition coefficient (Wildman–Crippen LogP) is 2.71. The van der Waals surface area contributed by atoms with Gasteiger partial charge in [0, 0.05) is 57.3 Å². The highest BCUT2D eigenvalue weighted by molar-refractivity contribution is 5.97. The van der Waals surface area contributed by atoms with Crippen LogP contribution in [0.15, 0.2) is 4.42 Å². The second-order valence-corrected chi connectivity index (χ2v) is 8.14. The number of likely N-dealkylation sites (N-methyl/N-ethyl adjacent to an activating group) is 1. The standard InChI is InChI=1S/C21H33N3O2/c1-3-22-12-14-23(15-13-22)17-8-10-24(11-9-17)21(25)20-16(2)26-19-7-5-4-6-18(19)20/h17H,3-15H2,1-2H3. The van der Waals surface area contributed by atoms with Crippen molar-refractivity contribution in [1.82, 2.24) is 14.7 Å². The summed E-state index contributed by atoms with van der Waals surface area (Å²) in [5.74, 6) is 2.11. The summed E-state index contributed by atoms with van der Waals surface area (Å²) in [7, 11) is 0. The average molecular weight is 360 g/mol. The molecule has 0 radical (unpaired) electrons. The van der Waals surface area contributed by atoms with Crippen molar-refractivity contribution in [2.75, 3.05) is 45.8 Å². The second-order valence-electron chi connectivity index (χ2n) is 8.14. The Labute approximate surface area is 157 Å². The third kappa shape index (κ3) is 3.44. The first kappa shape index (κ1) is 18.1. The van der Waals surface area contributed by atoms with Crippen molar-refractivity contribution >= 4 is 5.91 Å². The molecule has 2 fully saturated rings. The van der Waals surface area contributed by atoms with E-state index in [1.165, 1.54) is 44.6 Å². The minimum Gasteiger partial charge on any atom is -0.465 e. The van der Waals surface area contributed by atoms with Gasteiger partial charge < -0.3 is 14.2 Å². The molecule has 144 valence electrons. The van der Waals surface area contributed by atoms with Crippen molar-refractivity contribution in [2.24, 2.45) is 0 Å². The van der Waals surface area contributed by atoms with E-state index in [-0.39, 0.29) is 5.91 Å². The smallest absolute Gasteiger partial charge is 0.257 e. The molecule has 3 heterocycles. The maximum Gasteiger partial charge on any atom is 0.257 e. The number of aryl methyl sites for hydroxylation is 2. The van der Waals surface area contributed by atoms with Crippen molar-refractivity contribution in [1.29, 1.82) is 0 Å². The molecule has 26 heavy (non-hydrogen) atoms. The minimum absolute atomic E-state index is 0.212. The lowest BCUT2D eigenvalue weighted by Crippen LogP contribution is -2.53. The highest BCUT2D eigenvalue weighted by Crippen LogP contribution is 2.31. The van der Waals surface area contributed by atoms with Crippen LogP contribution in [0.3, 0.4) is 0 Å². The van der Waals surface area contributed by atoms with E-state index < -0.39 is 0 Å². The van der Waals surface area contributed by atoms with Crippen LogP contribution in [0.5, 0.6) is 0 Å². The van der Waals surface area contributed by atoms with Gasteiger partial charge in [-0.25, -0.2) is 0 Å². The first-order chi connectivity index (χ1) is 12.7. The lowest BCUT2D eigenvalue weighted by Gasteiger charge is -2.42. The number of amides is 1. The molecule has 2 aliphatic heterocycles. The molecule has 3 aliphatic rings. The zero-order valence-corrected chi connectivity index (χ0v) is 16.4.